The molecule has 0 saturated carbocycles. The topological polar surface area (TPSA) is 53.2 Å². The molecule has 1 fully saturated rings. The van der Waals surface area contributed by atoms with E-state index in [1.807, 2.05) is 30.3 Å². The van der Waals surface area contributed by atoms with Crippen molar-refractivity contribution < 1.29 is 4.79 Å². The second-order valence-corrected chi connectivity index (χ2v) is 6.92. The maximum Gasteiger partial charge on any atom is 0.239 e. The van der Waals surface area contributed by atoms with Gasteiger partial charge in [-0.15, -0.1) is 0 Å². The van der Waals surface area contributed by atoms with E-state index in [1.54, 1.807) is 0 Å². The van der Waals surface area contributed by atoms with Gasteiger partial charge in [0.05, 0.1) is 6.04 Å². The van der Waals surface area contributed by atoms with Crippen LogP contribution < -0.4 is 16.2 Å². The van der Waals surface area contributed by atoms with Gasteiger partial charge in [-0.05, 0) is 48.1 Å². The lowest BCUT2D eigenvalue weighted by molar-refractivity contribution is -0.123. The summed E-state index contributed by atoms with van der Waals surface area (Å²) in [5, 5.41) is 3.92. The summed E-state index contributed by atoms with van der Waals surface area (Å²) < 4.78 is 0. The first kappa shape index (κ1) is 15.6. The van der Waals surface area contributed by atoms with E-state index in [4.69, 9.17) is 11.6 Å². The average molecular weight is 342 g/mol. The molecule has 2 aromatic carbocycles. The lowest BCUT2D eigenvalue weighted by Gasteiger charge is -2.17. The largest absolute Gasteiger partial charge is 0.348 e. The van der Waals surface area contributed by atoms with Crippen LogP contribution in [0.3, 0.4) is 0 Å². The Morgan fingerprint density at radius 3 is 2.71 bits per heavy atom. The average Bonchev–Trinajstić information content (AvgIpc) is 3.23. The summed E-state index contributed by atoms with van der Waals surface area (Å²) in [7, 11) is 0. The molecule has 24 heavy (non-hydrogen) atoms. The van der Waals surface area contributed by atoms with E-state index in [0.29, 0.717) is 0 Å². The standard InChI is InChI=1S/C19H20ClN3O/c20-14-8-5-13(6-9-14)17-11-18(23-22-17)19(24)21-16-10-7-12-3-1-2-4-15(12)16/h1-6,8-9,16-18,22-23H,7,10-11H2,(H,21,24). The summed E-state index contributed by atoms with van der Waals surface area (Å²) >= 11 is 5.93. The fourth-order valence-corrected chi connectivity index (χ4v) is 3.75. The van der Waals surface area contributed by atoms with Gasteiger partial charge in [0.25, 0.3) is 0 Å². The van der Waals surface area contributed by atoms with E-state index in [9.17, 15) is 4.79 Å². The summed E-state index contributed by atoms with van der Waals surface area (Å²) in [5.41, 5.74) is 10.1. The Labute approximate surface area is 146 Å². The van der Waals surface area contributed by atoms with Gasteiger partial charge in [-0.3, -0.25) is 4.79 Å². The summed E-state index contributed by atoms with van der Waals surface area (Å²) in [5.74, 6) is 0.0562. The molecule has 2 aliphatic rings. The van der Waals surface area contributed by atoms with E-state index in [1.165, 1.54) is 11.1 Å². The molecule has 3 atom stereocenters. The molecule has 0 bridgehead atoms. The van der Waals surface area contributed by atoms with Crippen molar-refractivity contribution in [3.8, 4) is 0 Å². The van der Waals surface area contributed by atoms with Gasteiger partial charge in [-0.2, -0.15) is 0 Å². The van der Waals surface area contributed by atoms with Gasteiger partial charge in [-0.25, -0.2) is 10.9 Å². The second kappa shape index (κ2) is 6.55. The predicted molar refractivity (Wildman–Crippen MR) is 94.5 cm³/mol. The van der Waals surface area contributed by atoms with Crippen LogP contribution in [0.25, 0.3) is 0 Å². The molecule has 0 spiro atoms. The maximum absolute atomic E-state index is 12.6. The molecule has 3 unspecified atom stereocenters. The summed E-state index contributed by atoms with van der Waals surface area (Å²) in [4.78, 5) is 12.6. The van der Waals surface area contributed by atoms with Crippen LogP contribution in [0.2, 0.25) is 5.02 Å². The number of fused-ring (bicyclic) bond motifs is 1. The first-order valence-corrected chi connectivity index (χ1v) is 8.73. The van der Waals surface area contributed by atoms with E-state index >= 15 is 0 Å². The first-order valence-electron chi connectivity index (χ1n) is 8.35. The molecule has 1 amide bonds. The van der Waals surface area contributed by atoms with Crippen molar-refractivity contribution in [2.75, 3.05) is 0 Å². The third-order valence-corrected chi connectivity index (χ3v) is 5.19. The zero-order valence-corrected chi connectivity index (χ0v) is 14.0. The molecule has 124 valence electrons. The van der Waals surface area contributed by atoms with Crippen molar-refractivity contribution in [1.29, 1.82) is 0 Å². The predicted octanol–water partition coefficient (Wildman–Crippen LogP) is 3.05. The van der Waals surface area contributed by atoms with Crippen LogP contribution in [-0.2, 0) is 11.2 Å². The Morgan fingerprint density at radius 1 is 1.08 bits per heavy atom. The fraction of sp³-hybridized carbons (Fsp3) is 0.316. The molecule has 1 aliphatic carbocycles. The molecule has 1 saturated heterocycles. The quantitative estimate of drug-likeness (QED) is 0.804. The molecule has 0 radical (unpaired) electrons. The zero-order valence-electron chi connectivity index (χ0n) is 13.3. The number of hydrazine groups is 1. The third kappa shape index (κ3) is 3.05. The smallest absolute Gasteiger partial charge is 0.239 e. The SMILES string of the molecule is O=C(NC1CCc2ccccc21)C1CC(c2ccc(Cl)cc2)NN1. The second-order valence-electron chi connectivity index (χ2n) is 6.48. The number of hydrogen-bond acceptors (Lipinski definition) is 3. The molecule has 0 aromatic heterocycles. The number of halogens is 1. The Hall–Kier alpha value is -1.88. The highest BCUT2D eigenvalue weighted by atomic mass is 35.5. The van der Waals surface area contributed by atoms with Crippen LogP contribution in [0.15, 0.2) is 48.5 Å². The van der Waals surface area contributed by atoms with E-state index in [2.05, 4.69) is 34.4 Å². The van der Waals surface area contributed by atoms with Gasteiger partial charge < -0.3 is 5.32 Å². The molecule has 5 heteroatoms. The van der Waals surface area contributed by atoms with Crippen LogP contribution in [-0.4, -0.2) is 11.9 Å². The van der Waals surface area contributed by atoms with Gasteiger partial charge in [-0.1, -0.05) is 48.0 Å². The number of hydrogen-bond donors (Lipinski definition) is 3. The van der Waals surface area contributed by atoms with Crippen molar-refractivity contribution in [3.05, 3.63) is 70.2 Å². The van der Waals surface area contributed by atoms with Crippen molar-refractivity contribution in [2.24, 2.45) is 0 Å². The molecular weight excluding hydrogens is 322 g/mol. The fourth-order valence-electron chi connectivity index (χ4n) is 3.62. The van der Waals surface area contributed by atoms with Crippen molar-refractivity contribution in [1.82, 2.24) is 16.2 Å². The van der Waals surface area contributed by atoms with Gasteiger partial charge in [0.15, 0.2) is 0 Å². The Bertz CT molecular complexity index is 747. The lowest BCUT2D eigenvalue weighted by Crippen LogP contribution is -2.44. The number of benzene rings is 2. The highest BCUT2D eigenvalue weighted by molar-refractivity contribution is 6.30. The van der Waals surface area contributed by atoms with Gasteiger partial charge in [0.2, 0.25) is 5.91 Å². The van der Waals surface area contributed by atoms with Crippen LogP contribution in [0.4, 0.5) is 0 Å². The highest BCUT2D eigenvalue weighted by Gasteiger charge is 2.32. The number of amides is 1. The van der Waals surface area contributed by atoms with E-state index < -0.39 is 0 Å². The van der Waals surface area contributed by atoms with Gasteiger partial charge in [0, 0.05) is 11.1 Å². The number of rotatable bonds is 3. The number of carbonyl (C=O) groups excluding carboxylic acids is 1. The van der Waals surface area contributed by atoms with Gasteiger partial charge >= 0.3 is 0 Å². The van der Waals surface area contributed by atoms with E-state index in [0.717, 1.165) is 29.8 Å². The number of aryl methyl sites for hydroxylation is 1. The third-order valence-electron chi connectivity index (χ3n) is 4.94. The van der Waals surface area contributed by atoms with Crippen LogP contribution in [0.1, 0.15) is 41.6 Å². The van der Waals surface area contributed by atoms with Crippen molar-refractivity contribution in [2.45, 2.75) is 37.4 Å². The molecule has 1 heterocycles. The lowest BCUT2D eigenvalue weighted by atomic mass is 10.0. The Kier molecular flexibility index (Phi) is 4.27. The highest BCUT2D eigenvalue weighted by Crippen LogP contribution is 2.31. The Balaban J connectivity index is 1.39. The monoisotopic (exact) mass is 341 g/mol. The normalized spacial score (nSPS) is 25.5. The minimum absolute atomic E-state index is 0.0562. The van der Waals surface area contributed by atoms with Crippen LogP contribution in [0.5, 0.6) is 0 Å². The summed E-state index contributed by atoms with van der Waals surface area (Å²) in [6.45, 7) is 0. The Morgan fingerprint density at radius 2 is 1.88 bits per heavy atom. The maximum atomic E-state index is 12.6. The van der Waals surface area contributed by atoms with Crippen molar-refractivity contribution >= 4 is 17.5 Å². The summed E-state index contributed by atoms with van der Waals surface area (Å²) in [6.07, 6.45) is 2.73. The summed E-state index contributed by atoms with van der Waals surface area (Å²) in [6, 6.07) is 16.1. The molecule has 3 N–H and O–H groups in total. The minimum atomic E-state index is -0.224. The molecular formula is C19H20ClN3O. The van der Waals surface area contributed by atoms with Crippen molar-refractivity contribution in [3.63, 3.8) is 0 Å². The van der Waals surface area contributed by atoms with Crippen LogP contribution >= 0.6 is 11.6 Å². The van der Waals surface area contributed by atoms with Crippen LogP contribution in [0, 0.1) is 0 Å². The molecule has 2 aromatic rings. The van der Waals surface area contributed by atoms with Gasteiger partial charge in [0.1, 0.15) is 6.04 Å². The molecule has 4 nitrogen and oxygen atoms in total. The first-order chi connectivity index (χ1) is 11.7. The minimum Gasteiger partial charge on any atom is -0.348 e. The zero-order chi connectivity index (χ0) is 16.5. The number of carbonyl (C=O) groups is 1. The van der Waals surface area contributed by atoms with E-state index in [-0.39, 0.29) is 24.0 Å². The molecule has 1 aliphatic heterocycles. The molecule has 4 rings (SSSR count). The number of nitrogens with one attached hydrogen (secondary N) is 3.